The highest BCUT2D eigenvalue weighted by molar-refractivity contribution is 8.14. The summed E-state index contributed by atoms with van der Waals surface area (Å²) < 4.78 is 0. The molecule has 0 bridgehead atoms. The number of nitrogens with zero attached hydrogens (tertiary/aromatic N) is 3. The number of amides is 2. The zero-order valence-corrected chi connectivity index (χ0v) is 13.9. The van der Waals surface area contributed by atoms with Gasteiger partial charge in [-0.1, -0.05) is 23.9 Å². The van der Waals surface area contributed by atoms with E-state index in [1.807, 2.05) is 6.07 Å². The van der Waals surface area contributed by atoms with E-state index in [0.29, 0.717) is 24.8 Å². The molecule has 0 aliphatic carbocycles. The predicted octanol–water partition coefficient (Wildman–Crippen LogP) is 0.863. The van der Waals surface area contributed by atoms with Crippen LogP contribution >= 0.6 is 11.8 Å². The highest BCUT2D eigenvalue weighted by Gasteiger charge is 2.27. The SMILES string of the molecule is Cc1cccc(N2CCN(C(=O)C(=O)NC3=NCCS3)CC2)c1. The lowest BCUT2D eigenvalue weighted by Gasteiger charge is -2.35. The molecule has 1 fully saturated rings. The first-order chi connectivity index (χ1) is 11.1. The van der Waals surface area contributed by atoms with E-state index in [9.17, 15) is 9.59 Å². The van der Waals surface area contributed by atoms with Gasteiger partial charge < -0.3 is 9.80 Å². The fourth-order valence-corrected chi connectivity index (χ4v) is 3.42. The number of aryl methyl sites for hydroxylation is 1. The molecule has 1 N–H and O–H groups in total. The van der Waals surface area contributed by atoms with E-state index in [1.54, 1.807) is 4.90 Å². The number of benzene rings is 1. The highest BCUT2D eigenvalue weighted by Crippen LogP contribution is 2.18. The van der Waals surface area contributed by atoms with E-state index in [2.05, 4.69) is 40.3 Å². The number of hydrogen-bond acceptors (Lipinski definition) is 5. The summed E-state index contributed by atoms with van der Waals surface area (Å²) >= 11 is 1.47. The van der Waals surface area contributed by atoms with Gasteiger partial charge in [-0.05, 0) is 24.6 Å². The van der Waals surface area contributed by atoms with E-state index < -0.39 is 11.8 Å². The Morgan fingerprint density at radius 3 is 2.65 bits per heavy atom. The molecule has 0 unspecified atom stereocenters. The Kier molecular flexibility index (Phi) is 4.85. The van der Waals surface area contributed by atoms with Crippen molar-refractivity contribution in [2.45, 2.75) is 6.92 Å². The number of rotatable bonds is 1. The number of carbonyl (C=O) groups is 2. The Morgan fingerprint density at radius 2 is 2.00 bits per heavy atom. The van der Waals surface area contributed by atoms with Crippen LogP contribution in [0, 0.1) is 6.92 Å². The zero-order valence-electron chi connectivity index (χ0n) is 13.1. The molecular weight excluding hydrogens is 312 g/mol. The molecule has 0 atom stereocenters. The molecule has 2 heterocycles. The van der Waals surface area contributed by atoms with Crippen molar-refractivity contribution in [2.24, 2.45) is 4.99 Å². The molecule has 0 aromatic heterocycles. The summed E-state index contributed by atoms with van der Waals surface area (Å²) in [4.78, 5) is 32.2. The van der Waals surface area contributed by atoms with Crippen molar-refractivity contribution >= 4 is 34.4 Å². The quantitative estimate of drug-likeness (QED) is 0.775. The molecule has 23 heavy (non-hydrogen) atoms. The summed E-state index contributed by atoms with van der Waals surface area (Å²) in [6.07, 6.45) is 0. The average molecular weight is 332 g/mol. The molecule has 122 valence electrons. The highest BCUT2D eigenvalue weighted by atomic mass is 32.2. The smallest absolute Gasteiger partial charge is 0.315 e. The number of piperazine rings is 1. The monoisotopic (exact) mass is 332 g/mol. The molecule has 0 spiro atoms. The van der Waals surface area contributed by atoms with Crippen molar-refractivity contribution in [3.63, 3.8) is 0 Å². The molecule has 1 aromatic carbocycles. The van der Waals surface area contributed by atoms with Crippen LogP contribution in [0.2, 0.25) is 0 Å². The van der Waals surface area contributed by atoms with E-state index >= 15 is 0 Å². The minimum Gasteiger partial charge on any atom is -0.368 e. The summed E-state index contributed by atoms with van der Waals surface area (Å²) in [6.45, 7) is 5.34. The van der Waals surface area contributed by atoms with Gasteiger partial charge in [0.25, 0.3) is 0 Å². The van der Waals surface area contributed by atoms with Crippen LogP contribution in [0.4, 0.5) is 5.69 Å². The summed E-state index contributed by atoms with van der Waals surface area (Å²) in [5.41, 5.74) is 2.38. The van der Waals surface area contributed by atoms with Crippen molar-refractivity contribution in [1.29, 1.82) is 0 Å². The Morgan fingerprint density at radius 1 is 1.22 bits per heavy atom. The normalized spacial score (nSPS) is 17.9. The number of carbonyl (C=O) groups excluding carboxylic acids is 2. The molecule has 1 aromatic rings. The predicted molar refractivity (Wildman–Crippen MR) is 92.9 cm³/mol. The maximum atomic E-state index is 12.2. The fraction of sp³-hybridized carbons (Fsp3) is 0.438. The Labute approximate surface area is 139 Å². The lowest BCUT2D eigenvalue weighted by molar-refractivity contribution is -0.145. The van der Waals surface area contributed by atoms with Gasteiger partial charge in [0, 0.05) is 37.6 Å². The van der Waals surface area contributed by atoms with Gasteiger partial charge >= 0.3 is 11.8 Å². The van der Waals surface area contributed by atoms with Crippen molar-refractivity contribution < 1.29 is 9.59 Å². The summed E-state index contributed by atoms with van der Waals surface area (Å²) in [5.74, 6) is -0.190. The molecule has 6 nitrogen and oxygen atoms in total. The van der Waals surface area contributed by atoms with Gasteiger partial charge in [-0.3, -0.25) is 19.9 Å². The summed E-state index contributed by atoms with van der Waals surface area (Å²) in [7, 11) is 0. The van der Waals surface area contributed by atoms with Gasteiger partial charge in [-0.15, -0.1) is 0 Å². The van der Waals surface area contributed by atoms with Crippen LogP contribution in [0.5, 0.6) is 0 Å². The third kappa shape index (κ3) is 3.85. The van der Waals surface area contributed by atoms with E-state index in [4.69, 9.17) is 0 Å². The Bertz CT molecular complexity index is 639. The summed E-state index contributed by atoms with van der Waals surface area (Å²) in [5, 5.41) is 3.15. The second kappa shape index (κ2) is 7.04. The molecule has 7 heteroatoms. The summed E-state index contributed by atoms with van der Waals surface area (Å²) in [6, 6.07) is 8.32. The van der Waals surface area contributed by atoms with E-state index in [1.165, 1.54) is 23.0 Å². The molecule has 2 aliphatic rings. The molecule has 2 aliphatic heterocycles. The van der Waals surface area contributed by atoms with E-state index in [0.717, 1.165) is 18.8 Å². The standard InChI is InChI=1S/C16H20N4O2S/c1-12-3-2-4-13(11-12)19-6-8-20(9-7-19)15(22)14(21)18-16-17-5-10-23-16/h2-4,11H,5-10H2,1H3,(H,17,18,21). The molecular formula is C16H20N4O2S. The van der Waals surface area contributed by atoms with Crippen molar-refractivity contribution in [3.8, 4) is 0 Å². The fourth-order valence-electron chi connectivity index (χ4n) is 2.70. The molecule has 2 amide bonds. The molecule has 3 rings (SSSR count). The Hall–Kier alpha value is -2.02. The second-order valence-corrected chi connectivity index (χ2v) is 6.69. The van der Waals surface area contributed by atoms with Crippen molar-refractivity contribution in [3.05, 3.63) is 29.8 Å². The van der Waals surface area contributed by atoms with Crippen LogP contribution in [-0.2, 0) is 9.59 Å². The number of thioether (sulfide) groups is 1. The van der Waals surface area contributed by atoms with Gasteiger partial charge in [0.1, 0.15) is 0 Å². The maximum Gasteiger partial charge on any atom is 0.315 e. The van der Waals surface area contributed by atoms with Crippen LogP contribution in [0.15, 0.2) is 29.3 Å². The third-order valence-electron chi connectivity index (χ3n) is 3.93. The Balaban J connectivity index is 1.53. The maximum absolute atomic E-state index is 12.2. The van der Waals surface area contributed by atoms with E-state index in [-0.39, 0.29) is 0 Å². The second-order valence-electron chi connectivity index (χ2n) is 5.61. The lowest BCUT2D eigenvalue weighted by atomic mass is 10.2. The van der Waals surface area contributed by atoms with Crippen molar-refractivity contribution in [2.75, 3.05) is 43.4 Å². The topological polar surface area (TPSA) is 65.0 Å². The van der Waals surface area contributed by atoms with Gasteiger partial charge in [0.2, 0.25) is 0 Å². The third-order valence-corrected chi connectivity index (χ3v) is 4.83. The first-order valence-corrected chi connectivity index (χ1v) is 8.71. The number of amidine groups is 1. The van der Waals surface area contributed by atoms with Gasteiger partial charge in [0.05, 0.1) is 6.54 Å². The zero-order chi connectivity index (χ0) is 16.2. The number of hydrogen-bond donors (Lipinski definition) is 1. The minimum atomic E-state index is -0.581. The number of nitrogens with one attached hydrogen (secondary N) is 1. The molecule has 0 saturated carbocycles. The van der Waals surface area contributed by atoms with Crippen LogP contribution in [0.25, 0.3) is 0 Å². The van der Waals surface area contributed by atoms with Crippen molar-refractivity contribution in [1.82, 2.24) is 10.2 Å². The van der Waals surface area contributed by atoms with Crippen LogP contribution in [0.1, 0.15) is 5.56 Å². The van der Waals surface area contributed by atoms with Crippen LogP contribution < -0.4 is 10.2 Å². The molecule has 1 saturated heterocycles. The lowest BCUT2D eigenvalue weighted by Crippen LogP contribution is -2.53. The largest absolute Gasteiger partial charge is 0.368 e. The van der Waals surface area contributed by atoms with Gasteiger partial charge in [0.15, 0.2) is 5.17 Å². The number of anilines is 1. The van der Waals surface area contributed by atoms with Gasteiger partial charge in [-0.25, -0.2) is 0 Å². The first kappa shape index (κ1) is 15.9. The first-order valence-electron chi connectivity index (χ1n) is 7.72. The van der Waals surface area contributed by atoms with Crippen LogP contribution in [0.3, 0.4) is 0 Å². The number of aliphatic imine (C=N–C) groups is 1. The van der Waals surface area contributed by atoms with Gasteiger partial charge in [-0.2, -0.15) is 0 Å². The molecule has 0 radical (unpaired) electrons. The minimum absolute atomic E-state index is 0.468. The van der Waals surface area contributed by atoms with Crippen LogP contribution in [-0.4, -0.2) is 60.4 Å². The average Bonchev–Trinajstić information content (AvgIpc) is 3.07.